The first-order chi connectivity index (χ1) is 13.8. The smallest absolute Gasteiger partial charge is 0.0618 e. The van der Waals surface area contributed by atoms with Crippen LogP contribution in [0.4, 0.5) is 0 Å². The fraction of sp³-hybridized carbons (Fsp3) is 0.520. The van der Waals surface area contributed by atoms with Gasteiger partial charge in [0.15, 0.2) is 0 Å². The van der Waals surface area contributed by atoms with Gasteiger partial charge in [-0.05, 0) is 69.3 Å². The van der Waals surface area contributed by atoms with Gasteiger partial charge >= 0.3 is 0 Å². The number of methoxy groups -OCH3 is 1. The van der Waals surface area contributed by atoms with Crippen LogP contribution in [0.2, 0.25) is 0 Å². The number of likely N-dealkylation sites (tertiary alicyclic amines) is 1. The van der Waals surface area contributed by atoms with Crippen LogP contribution in [0, 0.1) is 5.92 Å². The molecule has 4 rings (SSSR count). The highest BCUT2D eigenvalue weighted by Gasteiger charge is 2.41. The van der Waals surface area contributed by atoms with Crippen LogP contribution in [0.5, 0.6) is 0 Å². The summed E-state index contributed by atoms with van der Waals surface area (Å²) < 4.78 is 5.54. The minimum Gasteiger partial charge on any atom is -0.383 e. The molecule has 1 aliphatic heterocycles. The topological polar surface area (TPSA) is 12.5 Å². The van der Waals surface area contributed by atoms with E-state index in [0.717, 1.165) is 18.2 Å². The standard InChI is InChI=1S/C25H34NOP/c1-20(26-18-10-11-21(26)19-27-2)24-16-9-17-25(24)28(22-12-5-3-6-13-22)23-14-7-4-8-15-23/h3-8,12-15,20-21,24-25H,9-11,16-19H2,1-2H3/t20-,21-,24-,25?/m0/s1. The molecule has 0 radical (unpaired) electrons. The molecule has 0 spiro atoms. The van der Waals surface area contributed by atoms with Gasteiger partial charge in [-0.2, -0.15) is 0 Å². The Kier molecular flexibility index (Phi) is 6.83. The van der Waals surface area contributed by atoms with Crippen LogP contribution >= 0.6 is 7.92 Å². The van der Waals surface area contributed by atoms with Gasteiger partial charge in [0.1, 0.15) is 0 Å². The molecule has 150 valence electrons. The molecule has 1 aliphatic carbocycles. The second-order valence-corrected chi connectivity index (χ2v) is 10.9. The molecule has 4 atom stereocenters. The van der Waals surface area contributed by atoms with Crippen molar-refractivity contribution in [3.05, 3.63) is 60.7 Å². The molecule has 1 saturated heterocycles. The molecular formula is C25H34NOP. The van der Waals surface area contributed by atoms with Crippen LogP contribution in [0.25, 0.3) is 0 Å². The van der Waals surface area contributed by atoms with Crippen LogP contribution in [-0.4, -0.2) is 42.9 Å². The minimum atomic E-state index is -0.318. The summed E-state index contributed by atoms with van der Waals surface area (Å²) in [5, 5.41) is 3.09. The van der Waals surface area contributed by atoms with Gasteiger partial charge < -0.3 is 4.74 Å². The number of rotatable bonds is 7. The van der Waals surface area contributed by atoms with E-state index in [0.29, 0.717) is 12.1 Å². The monoisotopic (exact) mass is 395 g/mol. The van der Waals surface area contributed by atoms with Crippen LogP contribution in [0.3, 0.4) is 0 Å². The number of nitrogens with zero attached hydrogens (tertiary/aromatic N) is 1. The van der Waals surface area contributed by atoms with Crippen molar-refractivity contribution in [2.75, 3.05) is 20.3 Å². The Hall–Kier alpha value is -1.21. The molecule has 2 fully saturated rings. The molecule has 2 aliphatic rings. The van der Waals surface area contributed by atoms with Crippen molar-refractivity contribution in [3.8, 4) is 0 Å². The van der Waals surface area contributed by atoms with Crippen LogP contribution < -0.4 is 10.6 Å². The Labute approximate surface area is 172 Å². The predicted octanol–water partition coefficient (Wildman–Crippen LogP) is 4.79. The summed E-state index contributed by atoms with van der Waals surface area (Å²) >= 11 is 0. The fourth-order valence-electron chi connectivity index (χ4n) is 5.57. The predicted molar refractivity (Wildman–Crippen MR) is 121 cm³/mol. The van der Waals surface area contributed by atoms with Gasteiger partial charge in [0, 0.05) is 19.2 Å². The first kappa shape index (κ1) is 20.1. The summed E-state index contributed by atoms with van der Waals surface area (Å²) in [4.78, 5) is 2.77. The van der Waals surface area contributed by atoms with E-state index >= 15 is 0 Å². The molecule has 28 heavy (non-hydrogen) atoms. The lowest BCUT2D eigenvalue weighted by Crippen LogP contribution is -2.46. The normalized spacial score (nSPS) is 26.8. The molecule has 0 amide bonds. The molecular weight excluding hydrogens is 361 g/mol. The van der Waals surface area contributed by atoms with Gasteiger partial charge in [0.2, 0.25) is 0 Å². The van der Waals surface area contributed by atoms with Gasteiger partial charge in [-0.15, -0.1) is 0 Å². The van der Waals surface area contributed by atoms with Crippen molar-refractivity contribution in [1.82, 2.24) is 4.90 Å². The number of hydrogen-bond acceptors (Lipinski definition) is 2. The van der Waals surface area contributed by atoms with E-state index in [4.69, 9.17) is 4.74 Å². The van der Waals surface area contributed by atoms with Crippen molar-refractivity contribution in [2.45, 2.75) is 56.8 Å². The maximum absolute atomic E-state index is 5.54. The van der Waals surface area contributed by atoms with E-state index in [1.165, 1.54) is 38.6 Å². The maximum atomic E-state index is 5.54. The highest BCUT2D eigenvalue weighted by Crippen LogP contribution is 2.52. The minimum absolute atomic E-state index is 0.318. The number of benzene rings is 2. The summed E-state index contributed by atoms with van der Waals surface area (Å²) in [6.07, 6.45) is 6.73. The van der Waals surface area contributed by atoms with Crippen LogP contribution in [0.15, 0.2) is 60.7 Å². The summed E-state index contributed by atoms with van der Waals surface area (Å²) in [5.41, 5.74) is 0.776. The fourth-order valence-corrected chi connectivity index (χ4v) is 8.85. The summed E-state index contributed by atoms with van der Waals surface area (Å²) in [6, 6.07) is 23.9. The molecule has 1 unspecified atom stereocenters. The van der Waals surface area contributed by atoms with Crippen molar-refractivity contribution in [1.29, 1.82) is 0 Å². The maximum Gasteiger partial charge on any atom is 0.0618 e. The zero-order valence-corrected chi connectivity index (χ0v) is 18.2. The largest absolute Gasteiger partial charge is 0.383 e. The van der Waals surface area contributed by atoms with E-state index in [2.05, 4.69) is 72.5 Å². The van der Waals surface area contributed by atoms with Gasteiger partial charge in [-0.25, -0.2) is 0 Å². The Morgan fingerprint density at radius 3 is 2.18 bits per heavy atom. The zero-order valence-electron chi connectivity index (χ0n) is 17.3. The Bertz CT molecular complexity index is 682. The Morgan fingerprint density at radius 1 is 0.929 bits per heavy atom. The molecule has 0 aromatic heterocycles. The first-order valence-electron chi connectivity index (χ1n) is 10.9. The van der Waals surface area contributed by atoms with Crippen molar-refractivity contribution < 1.29 is 4.74 Å². The first-order valence-corrected chi connectivity index (χ1v) is 12.3. The molecule has 1 heterocycles. The van der Waals surface area contributed by atoms with Gasteiger partial charge in [0.25, 0.3) is 0 Å². The Balaban J connectivity index is 1.62. The third-order valence-corrected chi connectivity index (χ3v) is 9.87. The highest BCUT2D eigenvalue weighted by molar-refractivity contribution is 7.73. The van der Waals surface area contributed by atoms with E-state index in [1.54, 1.807) is 10.6 Å². The van der Waals surface area contributed by atoms with Gasteiger partial charge in [0.05, 0.1) is 6.61 Å². The summed E-state index contributed by atoms with van der Waals surface area (Å²) in [6.45, 7) is 4.63. The summed E-state index contributed by atoms with van der Waals surface area (Å²) in [7, 11) is 1.53. The second kappa shape index (κ2) is 9.53. The molecule has 1 saturated carbocycles. The lowest BCUT2D eigenvalue weighted by atomic mass is 9.97. The lowest BCUT2D eigenvalue weighted by molar-refractivity contribution is 0.0750. The average molecular weight is 396 g/mol. The number of hydrogen-bond donors (Lipinski definition) is 0. The van der Waals surface area contributed by atoms with Crippen LogP contribution in [-0.2, 0) is 4.74 Å². The van der Waals surface area contributed by atoms with Crippen molar-refractivity contribution in [2.24, 2.45) is 5.92 Å². The van der Waals surface area contributed by atoms with E-state index in [9.17, 15) is 0 Å². The third-order valence-electron chi connectivity index (χ3n) is 6.86. The quantitative estimate of drug-likeness (QED) is 0.625. The Morgan fingerprint density at radius 2 is 1.57 bits per heavy atom. The second-order valence-electron chi connectivity index (χ2n) is 8.43. The summed E-state index contributed by atoms with van der Waals surface area (Å²) in [5.74, 6) is 0.781. The molecule has 0 bridgehead atoms. The van der Waals surface area contributed by atoms with E-state index in [-0.39, 0.29) is 7.92 Å². The average Bonchev–Trinajstić information content (AvgIpc) is 3.40. The third kappa shape index (κ3) is 4.20. The van der Waals surface area contributed by atoms with E-state index in [1.807, 2.05) is 7.11 Å². The molecule has 2 nitrogen and oxygen atoms in total. The van der Waals surface area contributed by atoms with E-state index < -0.39 is 0 Å². The van der Waals surface area contributed by atoms with Crippen molar-refractivity contribution >= 4 is 18.5 Å². The SMILES string of the molecule is COC[C@@H]1CCCN1[C@@H](C)[C@@H]1CCCC1P(c1ccccc1)c1ccccc1. The van der Waals surface area contributed by atoms with Crippen molar-refractivity contribution in [3.63, 3.8) is 0 Å². The molecule has 2 aromatic rings. The van der Waals surface area contributed by atoms with Gasteiger partial charge in [-0.1, -0.05) is 67.1 Å². The van der Waals surface area contributed by atoms with Gasteiger partial charge in [-0.3, -0.25) is 4.90 Å². The molecule has 0 N–H and O–H groups in total. The zero-order chi connectivity index (χ0) is 19.3. The van der Waals surface area contributed by atoms with Crippen LogP contribution in [0.1, 0.15) is 39.0 Å². The molecule has 3 heteroatoms. The highest BCUT2D eigenvalue weighted by atomic mass is 31.1. The molecule has 2 aromatic carbocycles. The lowest BCUT2D eigenvalue weighted by Gasteiger charge is -2.39. The number of ether oxygens (including phenoxy) is 1.